The molecule has 0 aliphatic carbocycles. The molecule has 188 valence electrons. The predicted molar refractivity (Wildman–Crippen MR) is 145 cm³/mol. The Morgan fingerprint density at radius 2 is 1.97 bits per heavy atom. The van der Waals surface area contributed by atoms with Crippen LogP contribution in [0.25, 0.3) is 22.3 Å². The molecule has 0 unspecified atom stereocenters. The zero-order valence-electron chi connectivity index (χ0n) is 20.5. The van der Waals surface area contributed by atoms with E-state index in [0.717, 1.165) is 52.4 Å². The maximum Gasteiger partial charge on any atom is 0.222 e. The van der Waals surface area contributed by atoms with Gasteiger partial charge in [0, 0.05) is 55.2 Å². The lowest BCUT2D eigenvalue weighted by atomic mass is 10.00. The van der Waals surface area contributed by atoms with Crippen LogP contribution in [0.5, 0.6) is 5.75 Å². The third kappa shape index (κ3) is 5.43. The smallest absolute Gasteiger partial charge is 0.222 e. The van der Waals surface area contributed by atoms with Crippen LogP contribution in [0.1, 0.15) is 31.2 Å². The number of likely N-dealkylation sites (tertiary alicyclic amines) is 1. The summed E-state index contributed by atoms with van der Waals surface area (Å²) in [5.41, 5.74) is 3.64. The van der Waals surface area contributed by atoms with E-state index in [1.54, 1.807) is 13.4 Å². The summed E-state index contributed by atoms with van der Waals surface area (Å²) in [6, 6.07) is 12.0. The molecule has 10 heteroatoms. The van der Waals surface area contributed by atoms with Gasteiger partial charge in [-0.3, -0.25) is 4.79 Å². The molecule has 1 aliphatic rings. The highest BCUT2D eigenvalue weighted by Crippen LogP contribution is 2.27. The Kier molecular flexibility index (Phi) is 8.04. The third-order valence-electron chi connectivity index (χ3n) is 6.45. The van der Waals surface area contributed by atoms with Gasteiger partial charge in [0.05, 0.1) is 25.5 Å². The van der Waals surface area contributed by atoms with Crippen molar-refractivity contribution in [2.24, 2.45) is 0 Å². The quantitative estimate of drug-likeness (QED) is 0.369. The van der Waals surface area contributed by atoms with Crippen molar-refractivity contribution in [2.75, 3.05) is 32.1 Å². The normalized spacial score (nSPS) is 14.1. The number of aromatic nitrogens is 5. The van der Waals surface area contributed by atoms with Crippen LogP contribution in [-0.2, 0) is 11.3 Å². The van der Waals surface area contributed by atoms with Crippen molar-refractivity contribution in [1.82, 2.24) is 29.6 Å². The molecule has 1 N–H and O–H groups in total. The van der Waals surface area contributed by atoms with Crippen molar-refractivity contribution < 1.29 is 9.53 Å². The van der Waals surface area contributed by atoms with Crippen LogP contribution in [0.15, 0.2) is 55.1 Å². The summed E-state index contributed by atoms with van der Waals surface area (Å²) in [7, 11) is 1.69. The Morgan fingerprint density at radius 1 is 1.11 bits per heavy atom. The third-order valence-corrected chi connectivity index (χ3v) is 6.45. The molecule has 4 aromatic rings. The first-order chi connectivity index (χ1) is 17.1. The Morgan fingerprint density at radius 3 is 2.78 bits per heavy atom. The predicted octanol–water partition coefficient (Wildman–Crippen LogP) is 3.85. The number of amides is 1. The second kappa shape index (κ2) is 11.4. The molecule has 36 heavy (non-hydrogen) atoms. The van der Waals surface area contributed by atoms with E-state index in [4.69, 9.17) is 4.74 Å². The topological polar surface area (TPSA) is 98.1 Å². The van der Waals surface area contributed by atoms with Crippen LogP contribution in [0.2, 0.25) is 0 Å². The van der Waals surface area contributed by atoms with Crippen molar-refractivity contribution in [3.63, 3.8) is 0 Å². The monoisotopic (exact) mass is 505 g/mol. The Balaban J connectivity index is 0.00000304. The Hall–Kier alpha value is -3.66. The van der Waals surface area contributed by atoms with E-state index in [1.165, 1.54) is 0 Å². The fourth-order valence-corrected chi connectivity index (χ4v) is 4.48. The summed E-state index contributed by atoms with van der Waals surface area (Å²) in [6.45, 7) is 4.99. The first kappa shape index (κ1) is 25.4. The van der Waals surface area contributed by atoms with Gasteiger partial charge in [0.15, 0.2) is 5.65 Å². The van der Waals surface area contributed by atoms with Gasteiger partial charge in [0.1, 0.15) is 17.9 Å². The molecule has 3 aromatic heterocycles. The highest BCUT2D eigenvalue weighted by Gasteiger charge is 2.20. The van der Waals surface area contributed by atoms with E-state index in [-0.39, 0.29) is 25.3 Å². The number of benzene rings is 1. The molecule has 1 aromatic carbocycles. The molecule has 0 bridgehead atoms. The fourth-order valence-electron chi connectivity index (χ4n) is 4.48. The number of ether oxygens (including phenoxy) is 1. The van der Waals surface area contributed by atoms with Crippen molar-refractivity contribution in [1.29, 1.82) is 0 Å². The second-order valence-corrected chi connectivity index (χ2v) is 8.80. The minimum absolute atomic E-state index is 0. The van der Waals surface area contributed by atoms with Crippen LogP contribution < -0.4 is 10.1 Å². The van der Waals surface area contributed by atoms with Gasteiger partial charge in [-0.15, -0.1) is 0 Å². The number of fused-ring (bicyclic) bond motifs is 1. The molecule has 1 saturated heterocycles. The molecule has 9 nitrogen and oxygen atoms in total. The first-order valence-electron chi connectivity index (χ1n) is 11.9. The lowest BCUT2D eigenvalue weighted by Crippen LogP contribution is -2.28. The molecule has 1 atom stereocenters. The average Bonchev–Trinajstić information content (AvgIpc) is 3.51. The highest BCUT2D eigenvalue weighted by molar-refractivity contribution is 7.59. The van der Waals surface area contributed by atoms with Gasteiger partial charge >= 0.3 is 0 Å². The molecular formula is C26H31N7O2S. The minimum atomic E-state index is 0. The van der Waals surface area contributed by atoms with Crippen molar-refractivity contribution in [3.05, 3.63) is 60.7 Å². The zero-order chi connectivity index (χ0) is 24.2. The van der Waals surface area contributed by atoms with Gasteiger partial charge in [-0.05, 0) is 24.1 Å². The van der Waals surface area contributed by atoms with Crippen LogP contribution in [0, 0.1) is 0 Å². The number of nitrogens with one attached hydrogen (secondary N) is 1. The number of carbonyl (C=O) groups excluding carboxylic acids is 1. The fraction of sp³-hybridized carbons (Fsp3) is 0.346. The summed E-state index contributed by atoms with van der Waals surface area (Å²) in [5, 5.41) is 8.84. The summed E-state index contributed by atoms with van der Waals surface area (Å²) in [6.07, 6.45) is 6.77. The Bertz CT molecular complexity index is 1340. The molecule has 1 fully saturated rings. The van der Waals surface area contributed by atoms with E-state index < -0.39 is 0 Å². The number of anilines is 1. The molecule has 0 radical (unpaired) electrons. The van der Waals surface area contributed by atoms with Gasteiger partial charge in [-0.2, -0.15) is 18.6 Å². The molecule has 1 aliphatic heterocycles. The molecule has 0 spiro atoms. The van der Waals surface area contributed by atoms with Gasteiger partial charge in [0.2, 0.25) is 5.91 Å². The largest absolute Gasteiger partial charge is 0.496 e. The molecule has 5 rings (SSSR count). The number of methoxy groups -OCH3 is 1. The standard InChI is InChI=1S/C26H29N7O2.H2S/c1-18(21-6-3-4-7-23(21)35-2)14-27-24-13-22(29-17-30-24)19-12-20-16-31-33(26(20)28-15-19)11-10-32-9-5-8-25(32)34;/h3-4,6-7,12-13,15-18H,5,8-11,14H2,1-2H3,(H,27,29,30);1H2/t18-;/m1./s1. The van der Waals surface area contributed by atoms with Crippen molar-refractivity contribution in [3.8, 4) is 17.0 Å². The zero-order valence-corrected chi connectivity index (χ0v) is 21.5. The SMILES string of the molecule is COc1ccccc1[C@H](C)CNc1cc(-c2cnc3c(cnn3CCN3CCCC3=O)c2)ncn1.S. The molecule has 4 heterocycles. The van der Waals surface area contributed by atoms with Gasteiger partial charge < -0.3 is 15.0 Å². The number of pyridine rings is 1. The maximum absolute atomic E-state index is 11.9. The molecule has 1 amide bonds. The lowest BCUT2D eigenvalue weighted by Gasteiger charge is -2.16. The number of carbonyl (C=O) groups is 1. The van der Waals surface area contributed by atoms with E-state index in [2.05, 4.69) is 38.4 Å². The van der Waals surface area contributed by atoms with Crippen LogP contribution in [-0.4, -0.2) is 62.3 Å². The van der Waals surface area contributed by atoms with Gasteiger partial charge in [0.25, 0.3) is 0 Å². The summed E-state index contributed by atoms with van der Waals surface area (Å²) < 4.78 is 7.35. The van der Waals surface area contributed by atoms with E-state index in [0.29, 0.717) is 26.1 Å². The van der Waals surface area contributed by atoms with E-state index >= 15 is 0 Å². The summed E-state index contributed by atoms with van der Waals surface area (Å²) >= 11 is 0. The molecule has 0 saturated carbocycles. The summed E-state index contributed by atoms with van der Waals surface area (Å²) in [4.78, 5) is 27.2. The van der Waals surface area contributed by atoms with E-state index in [9.17, 15) is 4.79 Å². The number of hydrogen-bond acceptors (Lipinski definition) is 7. The number of rotatable bonds is 9. The number of nitrogens with zero attached hydrogens (tertiary/aromatic N) is 6. The summed E-state index contributed by atoms with van der Waals surface area (Å²) in [5.74, 6) is 2.10. The minimum Gasteiger partial charge on any atom is -0.496 e. The van der Waals surface area contributed by atoms with Gasteiger partial charge in [-0.1, -0.05) is 25.1 Å². The van der Waals surface area contributed by atoms with Crippen molar-refractivity contribution >= 4 is 36.3 Å². The molecular weight excluding hydrogens is 474 g/mol. The second-order valence-electron chi connectivity index (χ2n) is 8.80. The average molecular weight is 506 g/mol. The van der Waals surface area contributed by atoms with Crippen LogP contribution >= 0.6 is 13.5 Å². The van der Waals surface area contributed by atoms with Crippen LogP contribution in [0.4, 0.5) is 5.82 Å². The van der Waals surface area contributed by atoms with Gasteiger partial charge in [-0.25, -0.2) is 19.6 Å². The maximum atomic E-state index is 11.9. The lowest BCUT2D eigenvalue weighted by molar-refractivity contribution is -0.127. The Labute approximate surface area is 217 Å². The number of hydrogen-bond donors (Lipinski definition) is 1. The van der Waals surface area contributed by atoms with E-state index in [1.807, 2.05) is 52.3 Å². The number of para-hydroxylation sites is 1. The highest BCUT2D eigenvalue weighted by atomic mass is 32.1. The van der Waals surface area contributed by atoms with Crippen molar-refractivity contribution in [2.45, 2.75) is 32.2 Å². The first-order valence-corrected chi connectivity index (χ1v) is 11.9. The van der Waals surface area contributed by atoms with Crippen LogP contribution in [0.3, 0.4) is 0 Å².